The minimum absolute atomic E-state index is 0.155. The molecule has 2 aromatic rings. The molecule has 0 amide bonds. The zero-order valence-corrected chi connectivity index (χ0v) is 12.5. The summed E-state index contributed by atoms with van der Waals surface area (Å²) in [5.74, 6) is 1.29. The van der Waals surface area contributed by atoms with Crippen LogP contribution in [0.2, 0.25) is 0 Å². The van der Waals surface area contributed by atoms with Gasteiger partial charge in [0.2, 0.25) is 4.96 Å². The summed E-state index contributed by atoms with van der Waals surface area (Å²) in [7, 11) is 0. The van der Waals surface area contributed by atoms with E-state index in [2.05, 4.69) is 55.2 Å². The van der Waals surface area contributed by atoms with Gasteiger partial charge in [-0.3, -0.25) is 0 Å². The molecule has 0 aromatic carbocycles. The molecule has 2 heterocycles. The molecular weight excluding hydrogens is 246 g/mol. The van der Waals surface area contributed by atoms with E-state index in [1.165, 1.54) is 0 Å². The van der Waals surface area contributed by atoms with Gasteiger partial charge in [0.05, 0.1) is 0 Å². The minimum Gasteiger partial charge on any atom is -0.312 e. The number of hydrogen-bond acceptors (Lipinski definition) is 5. The third-order valence-corrected chi connectivity index (χ3v) is 3.53. The third-order valence-electron chi connectivity index (χ3n) is 2.57. The van der Waals surface area contributed by atoms with E-state index in [0.29, 0.717) is 5.92 Å². The van der Waals surface area contributed by atoms with Crippen LogP contribution in [0.5, 0.6) is 0 Å². The smallest absolute Gasteiger partial charge is 0.234 e. The molecule has 18 heavy (non-hydrogen) atoms. The normalized spacial score (nSPS) is 12.8. The Kier molecular flexibility index (Phi) is 3.68. The van der Waals surface area contributed by atoms with Gasteiger partial charge < -0.3 is 5.32 Å². The van der Waals surface area contributed by atoms with Crippen molar-refractivity contribution in [3.63, 3.8) is 0 Å². The molecule has 0 aliphatic heterocycles. The van der Waals surface area contributed by atoms with Crippen LogP contribution >= 0.6 is 11.3 Å². The zero-order valence-electron chi connectivity index (χ0n) is 11.7. The molecule has 0 aliphatic carbocycles. The first-order chi connectivity index (χ1) is 8.37. The van der Waals surface area contributed by atoms with Crippen molar-refractivity contribution in [3.05, 3.63) is 10.8 Å². The monoisotopic (exact) mass is 267 g/mol. The Morgan fingerprint density at radius 3 is 2.61 bits per heavy atom. The molecule has 6 heteroatoms. The van der Waals surface area contributed by atoms with Crippen LogP contribution in [0, 0.1) is 0 Å². The second kappa shape index (κ2) is 4.93. The standard InChI is InChI=1S/C12H21N5S/c1-8(2)10-14-15-11-17(10)16-9(18-11)6-7-13-12(3,4)5/h8,13H,6-7H2,1-5H3. The van der Waals surface area contributed by atoms with Crippen LogP contribution in [0.3, 0.4) is 0 Å². The first-order valence-electron chi connectivity index (χ1n) is 6.33. The van der Waals surface area contributed by atoms with Gasteiger partial charge in [-0.25, -0.2) is 0 Å². The van der Waals surface area contributed by atoms with Crippen LogP contribution in [0.15, 0.2) is 0 Å². The van der Waals surface area contributed by atoms with Gasteiger partial charge in [-0.1, -0.05) is 25.2 Å². The lowest BCUT2D eigenvalue weighted by Crippen LogP contribution is -2.37. The van der Waals surface area contributed by atoms with E-state index >= 15 is 0 Å². The van der Waals surface area contributed by atoms with Gasteiger partial charge in [-0.05, 0) is 20.8 Å². The van der Waals surface area contributed by atoms with Gasteiger partial charge in [-0.2, -0.15) is 9.61 Å². The van der Waals surface area contributed by atoms with Crippen molar-refractivity contribution in [2.45, 2.75) is 52.5 Å². The van der Waals surface area contributed by atoms with Crippen molar-refractivity contribution in [1.29, 1.82) is 0 Å². The van der Waals surface area contributed by atoms with Gasteiger partial charge in [0.15, 0.2) is 5.82 Å². The van der Waals surface area contributed by atoms with Crippen LogP contribution in [-0.4, -0.2) is 31.9 Å². The highest BCUT2D eigenvalue weighted by Crippen LogP contribution is 2.18. The summed E-state index contributed by atoms with van der Waals surface area (Å²) in [5.41, 5.74) is 0.155. The summed E-state index contributed by atoms with van der Waals surface area (Å²) in [6.45, 7) is 11.7. The van der Waals surface area contributed by atoms with Crippen molar-refractivity contribution in [3.8, 4) is 0 Å². The molecule has 0 fully saturated rings. The van der Waals surface area contributed by atoms with E-state index in [1.54, 1.807) is 11.3 Å². The second-order valence-electron chi connectivity index (χ2n) is 5.83. The fraction of sp³-hybridized carbons (Fsp3) is 0.750. The number of aromatic nitrogens is 4. The van der Waals surface area contributed by atoms with Crippen LogP contribution in [-0.2, 0) is 6.42 Å². The number of hydrogen-bond donors (Lipinski definition) is 1. The highest BCUT2D eigenvalue weighted by Gasteiger charge is 2.14. The van der Waals surface area contributed by atoms with Crippen molar-refractivity contribution in [2.24, 2.45) is 0 Å². The Morgan fingerprint density at radius 1 is 1.28 bits per heavy atom. The van der Waals surface area contributed by atoms with Gasteiger partial charge in [0.1, 0.15) is 5.01 Å². The van der Waals surface area contributed by atoms with Gasteiger partial charge in [-0.15, -0.1) is 10.2 Å². The molecule has 2 aromatic heterocycles. The Morgan fingerprint density at radius 2 is 2.00 bits per heavy atom. The highest BCUT2D eigenvalue weighted by atomic mass is 32.1. The van der Waals surface area contributed by atoms with Crippen LogP contribution < -0.4 is 5.32 Å². The molecule has 1 N–H and O–H groups in total. The lowest BCUT2D eigenvalue weighted by Gasteiger charge is -2.19. The van der Waals surface area contributed by atoms with E-state index in [1.807, 2.05) is 4.52 Å². The maximum absolute atomic E-state index is 4.58. The summed E-state index contributed by atoms with van der Waals surface area (Å²) in [6, 6.07) is 0. The predicted octanol–water partition coefficient (Wildman–Crippen LogP) is 2.24. The lowest BCUT2D eigenvalue weighted by molar-refractivity contribution is 0.429. The van der Waals surface area contributed by atoms with E-state index in [-0.39, 0.29) is 5.54 Å². The predicted molar refractivity (Wildman–Crippen MR) is 74.2 cm³/mol. The largest absolute Gasteiger partial charge is 0.312 e. The van der Waals surface area contributed by atoms with Crippen molar-refractivity contribution in [2.75, 3.05) is 6.54 Å². The first kappa shape index (κ1) is 13.4. The van der Waals surface area contributed by atoms with Crippen molar-refractivity contribution < 1.29 is 0 Å². The van der Waals surface area contributed by atoms with E-state index in [9.17, 15) is 0 Å². The summed E-state index contributed by atoms with van der Waals surface area (Å²) in [5, 5.41) is 17.5. The Labute approximate surface area is 112 Å². The van der Waals surface area contributed by atoms with E-state index in [0.717, 1.165) is 28.8 Å². The molecule has 0 bridgehead atoms. The lowest BCUT2D eigenvalue weighted by atomic mass is 10.1. The minimum atomic E-state index is 0.155. The summed E-state index contributed by atoms with van der Waals surface area (Å²) < 4.78 is 1.88. The summed E-state index contributed by atoms with van der Waals surface area (Å²) in [4.78, 5) is 0.893. The molecule has 0 aliphatic rings. The molecule has 0 saturated heterocycles. The number of rotatable bonds is 4. The summed E-state index contributed by atoms with van der Waals surface area (Å²) in [6.07, 6.45) is 0.933. The fourth-order valence-corrected chi connectivity index (χ4v) is 2.52. The Balaban J connectivity index is 2.06. The third kappa shape index (κ3) is 3.05. The SMILES string of the molecule is CC(C)c1nnc2sc(CCNC(C)(C)C)nn12. The van der Waals surface area contributed by atoms with E-state index in [4.69, 9.17) is 0 Å². The number of fused-ring (bicyclic) bond motifs is 1. The average Bonchev–Trinajstić information content (AvgIpc) is 2.73. The summed E-state index contributed by atoms with van der Waals surface area (Å²) >= 11 is 1.62. The molecule has 0 spiro atoms. The van der Waals surface area contributed by atoms with Crippen molar-refractivity contribution >= 4 is 16.3 Å². The van der Waals surface area contributed by atoms with Crippen LogP contribution in [0.1, 0.15) is 51.4 Å². The topological polar surface area (TPSA) is 55.1 Å². The first-order valence-corrected chi connectivity index (χ1v) is 7.14. The molecule has 0 saturated carbocycles. The molecule has 100 valence electrons. The fourth-order valence-electron chi connectivity index (χ4n) is 1.68. The van der Waals surface area contributed by atoms with Gasteiger partial charge >= 0.3 is 0 Å². The number of nitrogens with one attached hydrogen (secondary N) is 1. The van der Waals surface area contributed by atoms with Crippen LogP contribution in [0.25, 0.3) is 4.96 Å². The highest BCUT2D eigenvalue weighted by molar-refractivity contribution is 7.16. The number of nitrogens with zero attached hydrogens (tertiary/aromatic N) is 4. The molecule has 5 nitrogen and oxygen atoms in total. The maximum Gasteiger partial charge on any atom is 0.234 e. The second-order valence-corrected chi connectivity index (χ2v) is 6.87. The average molecular weight is 267 g/mol. The van der Waals surface area contributed by atoms with Crippen molar-refractivity contribution in [1.82, 2.24) is 25.1 Å². The molecule has 0 radical (unpaired) electrons. The zero-order chi connectivity index (χ0) is 13.3. The molecular formula is C12H21N5S. The molecule has 0 unspecified atom stereocenters. The maximum atomic E-state index is 4.58. The molecule has 2 rings (SSSR count). The quantitative estimate of drug-likeness (QED) is 0.923. The Hall–Kier alpha value is -1.01. The van der Waals surface area contributed by atoms with Gasteiger partial charge in [0.25, 0.3) is 0 Å². The van der Waals surface area contributed by atoms with Crippen LogP contribution in [0.4, 0.5) is 0 Å². The Bertz CT molecular complexity index is 520. The van der Waals surface area contributed by atoms with Gasteiger partial charge in [0, 0.05) is 24.4 Å². The van der Waals surface area contributed by atoms with E-state index < -0.39 is 0 Å². The molecule has 0 atom stereocenters.